The lowest BCUT2D eigenvalue weighted by Crippen LogP contribution is -3.23. The van der Waals surface area contributed by atoms with Crippen LogP contribution in [-0.2, 0) is 0 Å². The Kier molecular flexibility index (Phi) is 5.44. The number of benzene rings is 1. The molecule has 128 valence electrons. The number of anilines is 1. The summed E-state index contributed by atoms with van der Waals surface area (Å²) in [4.78, 5) is 6.13. The topological polar surface area (TPSA) is 21.4 Å². The number of nitrogens with one attached hydrogen (secondary N) is 2. The Morgan fingerprint density at radius 2 is 1.70 bits per heavy atom. The summed E-state index contributed by atoms with van der Waals surface area (Å²) in [6.07, 6.45) is 2.80. The van der Waals surface area contributed by atoms with Gasteiger partial charge in [0, 0.05) is 12.8 Å². The quantitative estimate of drug-likeness (QED) is 0.806. The van der Waals surface area contributed by atoms with Gasteiger partial charge >= 0.3 is 0 Å². The molecule has 2 saturated heterocycles. The van der Waals surface area contributed by atoms with Gasteiger partial charge in [-0.25, -0.2) is 0 Å². The van der Waals surface area contributed by atoms with Crippen LogP contribution >= 0.6 is 0 Å². The zero-order valence-electron chi connectivity index (χ0n) is 15.0. The number of para-hydroxylation sites is 2. The molecule has 0 saturated carbocycles. The van der Waals surface area contributed by atoms with E-state index in [4.69, 9.17) is 4.74 Å². The molecule has 0 atom stereocenters. The molecular weight excluding hydrogens is 286 g/mol. The summed E-state index contributed by atoms with van der Waals surface area (Å²) in [7, 11) is 1.77. The van der Waals surface area contributed by atoms with Crippen molar-refractivity contribution in [3.05, 3.63) is 24.3 Å². The highest BCUT2D eigenvalue weighted by Gasteiger charge is 2.33. The van der Waals surface area contributed by atoms with E-state index in [0.29, 0.717) is 0 Å². The molecule has 3 rings (SSSR count). The van der Waals surface area contributed by atoms with Crippen molar-refractivity contribution in [2.75, 3.05) is 51.3 Å². The Morgan fingerprint density at radius 1 is 1.04 bits per heavy atom. The van der Waals surface area contributed by atoms with E-state index in [1.807, 2.05) is 4.90 Å². The largest absolute Gasteiger partial charge is 0.495 e. The van der Waals surface area contributed by atoms with Gasteiger partial charge in [0.1, 0.15) is 5.75 Å². The lowest BCUT2D eigenvalue weighted by molar-refractivity contribution is -0.966. The standard InChI is InChI=1S/C19H31N3O/c1-16(2)20-10-8-17(9-11-20)21-12-14-22(15-13-21)18-6-4-5-7-19(18)23-3/h4-7,16-17H,8-15H2,1-3H3/p+2. The van der Waals surface area contributed by atoms with Gasteiger partial charge < -0.3 is 19.4 Å². The molecule has 0 radical (unpaired) electrons. The molecule has 0 amide bonds. The molecule has 0 unspecified atom stereocenters. The first kappa shape index (κ1) is 16.6. The molecule has 0 aliphatic carbocycles. The third kappa shape index (κ3) is 3.81. The molecule has 0 spiro atoms. The molecule has 4 heteroatoms. The van der Waals surface area contributed by atoms with Gasteiger partial charge in [-0.1, -0.05) is 12.1 Å². The molecule has 2 aliphatic heterocycles. The number of rotatable bonds is 4. The number of ether oxygens (including phenoxy) is 1. The van der Waals surface area contributed by atoms with Gasteiger partial charge in [-0.2, -0.15) is 0 Å². The highest BCUT2D eigenvalue weighted by Crippen LogP contribution is 2.27. The van der Waals surface area contributed by atoms with Crippen LogP contribution in [0.5, 0.6) is 5.75 Å². The summed E-state index contributed by atoms with van der Waals surface area (Å²) in [5, 5.41) is 0. The van der Waals surface area contributed by atoms with Crippen LogP contribution in [0.1, 0.15) is 26.7 Å². The summed E-state index contributed by atoms with van der Waals surface area (Å²) < 4.78 is 5.52. The van der Waals surface area contributed by atoms with E-state index in [1.165, 1.54) is 44.7 Å². The maximum absolute atomic E-state index is 5.52. The van der Waals surface area contributed by atoms with Crippen LogP contribution in [0.15, 0.2) is 24.3 Å². The number of likely N-dealkylation sites (tertiary alicyclic amines) is 1. The molecule has 0 aromatic heterocycles. The van der Waals surface area contributed by atoms with E-state index in [9.17, 15) is 0 Å². The van der Waals surface area contributed by atoms with E-state index < -0.39 is 0 Å². The average Bonchev–Trinajstić information content (AvgIpc) is 2.62. The molecule has 2 heterocycles. The van der Waals surface area contributed by atoms with E-state index >= 15 is 0 Å². The Hall–Kier alpha value is -1.26. The zero-order valence-corrected chi connectivity index (χ0v) is 15.0. The molecule has 1 aromatic rings. The average molecular weight is 319 g/mol. The van der Waals surface area contributed by atoms with Crippen molar-refractivity contribution in [1.29, 1.82) is 0 Å². The van der Waals surface area contributed by atoms with Gasteiger partial charge in [-0.05, 0) is 26.0 Å². The Morgan fingerprint density at radius 3 is 2.30 bits per heavy atom. The van der Waals surface area contributed by atoms with Crippen molar-refractivity contribution in [3.8, 4) is 5.75 Å². The summed E-state index contributed by atoms with van der Waals surface area (Å²) in [6.45, 7) is 12.3. The maximum atomic E-state index is 5.52. The lowest BCUT2D eigenvalue weighted by atomic mass is 10.0. The van der Waals surface area contributed by atoms with Gasteiger partial charge in [0.05, 0.1) is 64.1 Å². The highest BCUT2D eigenvalue weighted by molar-refractivity contribution is 5.58. The predicted molar refractivity (Wildman–Crippen MR) is 94.8 cm³/mol. The molecule has 0 bridgehead atoms. The fourth-order valence-corrected chi connectivity index (χ4v) is 4.31. The van der Waals surface area contributed by atoms with Gasteiger partial charge in [0.15, 0.2) is 0 Å². The lowest BCUT2D eigenvalue weighted by Gasteiger charge is -2.40. The number of methoxy groups -OCH3 is 1. The fourth-order valence-electron chi connectivity index (χ4n) is 4.31. The minimum Gasteiger partial charge on any atom is -0.495 e. The number of piperazine rings is 1. The Labute approximate surface area is 141 Å². The Balaban J connectivity index is 1.53. The monoisotopic (exact) mass is 319 g/mol. The minimum absolute atomic E-state index is 0.786. The van der Waals surface area contributed by atoms with Gasteiger partial charge in [0.25, 0.3) is 0 Å². The summed E-state index contributed by atoms with van der Waals surface area (Å²) >= 11 is 0. The van der Waals surface area contributed by atoms with Crippen molar-refractivity contribution in [2.45, 2.75) is 38.8 Å². The first-order valence-electron chi connectivity index (χ1n) is 9.26. The van der Waals surface area contributed by atoms with Crippen LogP contribution < -0.4 is 19.4 Å². The molecular formula is C19H33N3O+2. The minimum atomic E-state index is 0.786. The number of nitrogens with zero attached hydrogens (tertiary/aromatic N) is 1. The normalized spacial score (nSPS) is 26.5. The van der Waals surface area contributed by atoms with Crippen LogP contribution in [0.2, 0.25) is 0 Å². The van der Waals surface area contributed by atoms with E-state index in [2.05, 4.69) is 43.0 Å². The predicted octanol–water partition coefficient (Wildman–Crippen LogP) is -0.144. The van der Waals surface area contributed by atoms with Crippen molar-refractivity contribution < 1.29 is 14.5 Å². The van der Waals surface area contributed by atoms with Gasteiger partial charge in [0.2, 0.25) is 0 Å². The second-order valence-corrected chi connectivity index (χ2v) is 7.40. The molecule has 2 N–H and O–H groups in total. The van der Waals surface area contributed by atoms with E-state index in [1.54, 1.807) is 12.0 Å². The van der Waals surface area contributed by atoms with E-state index in [0.717, 1.165) is 30.9 Å². The first-order valence-corrected chi connectivity index (χ1v) is 9.26. The van der Waals surface area contributed by atoms with Gasteiger partial charge in [-0.15, -0.1) is 0 Å². The number of hydrogen-bond donors (Lipinski definition) is 2. The third-order valence-electron chi connectivity index (χ3n) is 5.85. The second kappa shape index (κ2) is 7.54. The molecule has 1 aromatic carbocycles. The number of hydrogen-bond acceptors (Lipinski definition) is 2. The summed E-state index contributed by atoms with van der Waals surface area (Å²) in [6, 6.07) is 10.1. The van der Waals surface area contributed by atoms with Crippen LogP contribution in [-0.4, -0.2) is 58.5 Å². The Bertz CT molecular complexity index is 489. The molecule has 4 nitrogen and oxygen atoms in total. The maximum Gasteiger partial charge on any atom is 0.142 e. The number of piperidine rings is 1. The van der Waals surface area contributed by atoms with Crippen LogP contribution in [0.25, 0.3) is 0 Å². The molecule has 2 fully saturated rings. The summed E-state index contributed by atoms with van der Waals surface area (Å²) in [5.74, 6) is 1.00. The fraction of sp³-hybridized carbons (Fsp3) is 0.684. The SMILES string of the molecule is COc1ccccc1N1CC[NH+](C2CC[NH+](C(C)C)CC2)CC1. The van der Waals surface area contributed by atoms with Crippen molar-refractivity contribution in [2.24, 2.45) is 0 Å². The number of quaternary nitrogens is 2. The van der Waals surface area contributed by atoms with Gasteiger partial charge in [-0.3, -0.25) is 0 Å². The first-order chi connectivity index (χ1) is 11.2. The van der Waals surface area contributed by atoms with Crippen LogP contribution in [0.3, 0.4) is 0 Å². The van der Waals surface area contributed by atoms with Crippen molar-refractivity contribution in [3.63, 3.8) is 0 Å². The van der Waals surface area contributed by atoms with Crippen molar-refractivity contribution in [1.82, 2.24) is 0 Å². The smallest absolute Gasteiger partial charge is 0.142 e. The third-order valence-corrected chi connectivity index (χ3v) is 5.85. The summed E-state index contributed by atoms with van der Waals surface area (Å²) in [5.41, 5.74) is 1.26. The van der Waals surface area contributed by atoms with Crippen LogP contribution in [0, 0.1) is 0 Å². The van der Waals surface area contributed by atoms with Crippen LogP contribution in [0.4, 0.5) is 5.69 Å². The second-order valence-electron chi connectivity index (χ2n) is 7.40. The van der Waals surface area contributed by atoms with Crippen molar-refractivity contribution >= 4 is 5.69 Å². The zero-order chi connectivity index (χ0) is 16.2. The van der Waals surface area contributed by atoms with E-state index in [-0.39, 0.29) is 0 Å². The molecule has 23 heavy (non-hydrogen) atoms. The molecule has 2 aliphatic rings. The highest BCUT2D eigenvalue weighted by atomic mass is 16.5.